The largest absolute Gasteiger partial charge is 0.340 e. The van der Waals surface area contributed by atoms with E-state index in [1.165, 1.54) is 24.8 Å². The molecular weight excluding hydrogens is 258 g/mol. The smallest absolute Gasteiger partial charge is 0.223 e. The molecule has 1 aliphatic carbocycles. The highest BCUT2D eigenvalue weighted by molar-refractivity contribution is 6.17. The minimum absolute atomic E-state index is 0.290. The number of carbonyl (C=O) groups is 1. The Morgan fingerprint density at radius 2 is 2.00 bits per heavy atom. The zero-order chi connectivity index (χ0) is 13.5. The second-order valence-electron chi connectivity index (χ2n) is 5.20. The van der Waals surface area contributed by atoms with Crippen LogP contribution >= 0.6 is 11.6 Å². The van der Waals surface area contributed by atoms with Gasteiger partial charge in [-0.1, -0.05) is 30.3 Å². The van der Waals surface area contributed by atoms with E-state index in [9.17, 15) is 4.79 Å². The maximum Gasteiger partial charge on any atom is 0.223 e. The van der Waals surface area contributed by atoms with Crippen molar-refractivity contribution in [1.82, 2.24) is 4.90 Å². The Morgan fingerprint density at radius 1 is 1.26 bits per heavy atom. The lowest BCUT2D eigenvalue weighted by atomic mass is 9.91. The van der Waals surface area contributed by atoms with Gasteiger partial charge in [-0.2, -0.15) is 0 Å². The molecule has 0 saturated heterocycles. The molecule has 0 spiro atoms. The summed E-state index contributed by atoms with van der Waals surface area (Å²) in [6, 6.07) is 10.7. The second kappa shape index (κ2) is 7.54. The molecule has 104 valence electrons. The topological polar surface area (TPSA) is 20.3 Å². The van der Waals surface area contributed by atoms with E-state index in [0.29, 0.717) is 24.2 Å². The normalized spacial score (nSPS) is 15.0. The molecular formula is C16H22ClNO. The van der Waals surface area contributed by atoms with E-state index >= 15 is 0 Å². The first-order chi connectivity index (χ1) is 9.31. The molecule has 0 bridgehead atoms. The number of nitrogens with zero attached hydrogens (tertiary/aromatic N) is 1. The van der Waals surface area contributed by atoms with Gasteiger partial charge < -0.3 is 4.90 Å². The molecule has 0 unspecified atom stereocenters. The molecule has 1 saturated carbocycles. The van der Waals surface area contributed by atoms with Crippen molar-refractivity contribution in [2.75, 3.05) is 12.4 Å². The van der Waals surface area contributed by atoms with E-state index < -0.39 is 0 Å². The van der Waals surface area contributed by atoms with E-state index in [1.54, 1.807) is 0 Å². The first-order valence-electron chi connectivity index (χ1n) is 7.20. The van der Waals surface area contributed by atoms with E-state index in [0.717, 1.165) is 19.4 Å². The second-order valence-corrected chi connectivity index (χ2v) is 5.58. The Kier molecular flexibility index (Phi) is 5.71. The highest BCUT2D eigenvalue weighted by atomic mass is 35.5. The molecule has 2 nitrogen and oxygen atoms in total. The molecule has 1 amide bonds. The molecule has 0 heterocycles. The van der Waals surface area contributed by atoms with Crippen LogP contribution in [0.2, 0.25) is 0 Å². The molecule has 0 radical (unpaired) electrons. The average molecular weight is 280 g/mol. The molecule has 1 aliphatic rings. The van der Waals surface area contributed by atoms with Gasteiger partial charge >= 0.3 is 0 Å². The Bertz CT molecular complexity index is 389. The number of benzene rings is 1. The fraction of sp³-hybridized carbons (Fsp3) is 0.562. The van der Waals surface area contributed by atoms with Crippen molar-refractivity contribution in [3.8, 4) is 0 Å². The van der Waals surface area contributed by atoms with Gasteiger partial charge in [-0.25, -0.2) is 0 Å². The van der Waals surface area contributed by atoms with Crippen molar-refractivity contribution in [1.29, 1.82) is 0 Å². The average Bonchev–Trinajstić information content (AvgIpc) is 2.39. The molecule has 0 aromatic heterocycles. The molecule has 1 fully saturated rings. The van der Waals surface area contributed by atoms with Gasteiger partial charge in [0.1, 0.15) is 0 Å². The van der Waals surface area contributed by atoms with Crippen LogP contribution < -0.4 is 0 Å². The predicted octanol–water partition coefficient (Wildman–Crippen LogP) is 3.63. The molecule has 2 rings (SSSR count). The number of halogens is 1. The lowest BCUT2D eigenvalue weighted by Gasteiger charge is -2.37. The van der Waals surface area contributed by atoms with Crippen LogP contribution in [0.3, 0.4) is 0 Å². The van der Waals surface area contributed by atoms with Crippen molar-refractivity contribution in [2.45, 2.75) is 44.6 Å². The van der Waals surface area contributed by atoms with Crippen LogP contribution in [0.15, 0.2) is 30.3 Å². The summed E-state index contributed by atoms with van der Waals surface area (Å²) in [4.78, 5) is 14.4. The van der Waals surface area contributed by atoms with E-state index in [4.69, 9.17) is 11.6 Å². The number of alkyl halides is 1. The van der Waals surface area contributed by atoms with Crippen molar-refractivity contribution < 1.29 is 4.79 Å². The maximum absolute atomic E-state index is 12.3. The fourth-order valence-electron chi connectivity index (χ4n) is 2.48. The molecule has 0 N–H and O–H groups in total. The van der Waals surface area contributed by atoms with Gasteiger partial charge in [0.2, 0.25) is 5.91 Å². The third kappa shape index (κ3) is 4.24. The molecule has 1 aromatic rings. The number of rotatable bonds is 7. The van der Waals surface area contributed by atoms with E-state index in [1.807, 2.05) is 18.2 Å². The summed E-state index contributed by atoms with van der Waals surface area (Å²) in [5, 5.41) is 0. The monoisotopic (exact) mass is 279 g/mol. The van der Waals surface area contributed by atoms with Crippen molar-refractivity contribution in [3.63, 3.8) is 0 Å². The number of amides is 1. The van der Waals surface area contributed by atoms with Gasteiger partial charge in [-0.05, 0) is 37.7 Å². The van der Waals surface area contributed by atoms with Crippen LogP contribution in [0, 0.1) is 0 Å². The van der Waals surface area contributed by atoms with Gasteiger partial charge in [0, 0.05) is 24.9 Å². The van der Waals surface area contributed by atoms with Crippen LogP contribution in [-0.2, 0) is 11.2 Å². The van der Waals surface area contributed by atoms with Crippen LogP contribution in [0.5, 0.6) is 0 Å². The number of carbonyl (C=O) groups excluding carboxylic acids is 1. The number of hydrogen-bond acceptors (Lipinski definition) is 1. The lowest BCUT2D eigenvalue weighted by molar-refractivity contribution is -0.135. The Balaban J connectivity index is 1.84. The summed E-state index contributed by atoms with van der Waals surface area (Å²) in [5.41, 5.74) is 1.24. The Labute approximate surface area is 120 Å². The van der Waals surface area contributed by atoms with Crippen LogP contribution in [0.4, 0.5) is 0 Å². The summed E-state index contributed by atoms with van der Waals surface area (Å²) >= 11 is 5.75. The standard InChI is InChI=1S/C16H22ClNO/c17-12-5-13-18(15-8-4-9-15)16(19)11-10-14-6-2-1-3-7-14/h1-3,6-7,15H,4-5,8-13H2. The minimum Gasteiger partial charge on any atom is -0.340 e. The molecule has 1 aromatic carbocycles. The van der Waals surface area contributed by atoms with Gasteiger partial charge in [0.05, 0.1) is 0 Å². The summed E-state index contributed by atoms with van der Waals surface area (Å²) in [7, 11) is 0. The zero-order valence-corrected chi connectivity index (χ0v) is 12.1. The van der Waals surface area contributed by atoms with Crippen LogP contribution in [-0.4, -0.2) is 29.3 Å². The highest BCUT2D eigenvalue weighted by Crippen LogP contribution is 2.25. The zero-order valence-electron chi connectivity index (χ0n) is 11.4. The van der Waals surface area contributed by atoms with Gasteiger partial charge in [-0.15, -0.1) is 11.6 Å². The molecule has 0 atom stereocenters. The molecule has 3 heteroatoms. The molecule has 0 aliphatic heterocycles. The van der Waals surface area contributed by atoms with Crippen LogP contribution in [0.25, 0.3) is 0 Å². The van der Waals surface area contributed by atoms with Gasteiger partial charge in [0.25, 0.3) is 0 Å². The van der Waals surface area contributed by atoms with E-state index in [2.05, 4.69) is 17.0 Å². The highest BCUT2D eigenvalue weighted by Gasteiger charge is 2.27. The molecule has 19 heavy (non-hydrogen) atoms. The first-order valence-corrected chi connectivity index (χ1v) is 7.74. The lowest BCUT2D eigenvalue weighted by Crippen LogP contribution is -2.44. The third-order valence-electron chi connectivity index (χ3n) is 3.84. The minimum atomic E-state index is 0.290. The van der Waals surface area contributed by atoms with Crippen molar-refractivity contribution >= 4 is 17.5 Å². The summed E-state index contributed by atoms with van der Waals surface area (Å²) in [5.74, 6) is 0.925. The quantitative estimate of drug-likeness (QED) is 0.698. The fourth-order valence-corrected chi connectivity index (χ4v) is 2.60. The van der Waals surface area contributed by atoms with Crippen molar-refractivity contribution in [2.24, 2.45) is 0 Å². The number of aryl methyl sites for hydroxylation is 1. The Morgan fingerprint density at radius 3 is 2.58 bits per heavy atom. The summed E-state index contributed by atoms with van der Waals surface area (Å²) < 4.78 is 0. The summed E-state index contributed by atoms with van der Waals surface area (Å²) in [6.45, 7) is 0.821. The predicted molar refractivity (Wildman–Crippen MR) is 79.5 cm³/mol. The Hall–Kier alpha value is -1.02. The SMILES string of the molecule is O=C(CCc1ccccc1)N(CCCCl)C1CCC1. The van der Waals surface area contributed by atoms with Crippen LogP contribution in [0.1, 0.15) is 37.7 Å². The van der Waals surface area contributed by atoms with E-state index in [-0.39, 0.29) is 0 Å². The van der Waals surface area contributed by atoms with Gasteiger partial charge in [-0.3, -0.25) is 4.79 Å². The summed E-state index contributed by atoms with van der Waals surface area (Å²) in [6.07, 6.45) is 5.94. The van der Waals surface area contributed by atoms with Gasteiger partial charge in [0.15, 0.2) is 0 Å². The third-order valence-corrected chi connectivity index (χ3v) is 4.11. The van der Waals surface area contributed by atoms with Crippen molar-refractivity contribution in [3.05, 3.63) is 35.9 Å². The maximum atomic E-state index is 12.3. The first kappa shape index (κ1) is 14.4. The number of hydrogen-bond donors (Lipinski definition) is 0.